The molecule has 0 bridgehead atoms. The van der Waals surface area contributed by atoms with Gasteiger partial charge in [-0.15, -0.1) is 0 Å². The van der Waals surface area contributed by atoms with Crippen molar-refractivity contribution in [3.63, 3.8) is 0 Å². The van der Waals surface area contributed by atoms with E-state index in [1.165, 1.54) is 24.3 Å². The monoisotopic (exact) mass is 406 g/mol. The summed E-state index contributed by atoms with van der Waals surface area (Å²) < 4.78 is 25.7. The number of nitrogens with one attached hydrogen (secondary N) is 1. The number of nitro groups is 1. The second kappa shape index (κ2) is 8.41. The van der Waals surface area contributed by atoms with Crippen LogP contribution >= 0.6 is 0 Å². The molecule has 10 nitrogen and oxygen atoms in total. The third-order valence-corrected chi connectivity index (χ3v) is 4.90. The molecule has 2 aromatic carbocycles. The number of rotatable bonds is 8. The van der Waals surface area contributed by atoms with Crippen molar-refractivity contribution in [1.29, 1.82) is 0 Å². The zero-order valence-corrected chi connectivity index (χ0v) is 14.9. The SMILES string of the molecule is O=C(O)CNS(=O)(=O)c1ccc(C(=O)/C=C/c2ccc(O)c([N+](=O)[O-])c2)cc1. The van der Waals surface area contributed by atoms with Crippen LogP contribution in [-0.4, -0.2) is 41.9 Å². The van der Waals surface area contributed by atoms with Gasteiger partial charge in [-0.05, 0) is 42.0 Å². The molecule has 2 aromatic rings. The van der Waals surface area contributed by atoms with Gasteiger partial charge in [0.1, 0.15) is 6.54 Å². The zero-order chi connectivity index (χ0) is 20.9. The number of nitrogens with zero attached hydrogens (tertiary/aromatic N) is 1. The lowest BCUT2D eigenvalue weighted by molar-refractivity contribution is -0.385. The molecule has 3 N–H and O–H groups in total. The molecule has 0 spiro atoms. The van der Waals surface area contributed by atoms with Crippen molar-refractivity contribution in [1.82, 2.24) is 4.72 Å². The summed E-state index contributed by atoms with van der Waals surface area (Å²) in [6.45, 7) is -0.773. The third kappa shape index (κ3) is 5.22. The number of hydrogen-bond acceptors (Lipinski definition) is 7. The van der Waals surface area contributed by atoms with E-state index in [4.69, 9.17) is 5.11 Å². The first-order valence-corrected chi connectivity index (χ1v) is 9.10. The molecule has 0 aromatic heterocycles. The fraction of sp³-hybridized carbons (Fsp3) is 0.0588. The summed E-state index contributed by atoms with van der Waals surface area (Å²) in [4.78, 5) is 32.5. The molecule has 0 atom stereocenters. The topological polar surface area (TPSA) is 164 Å². The lowest BCUT2D eigenvalue weighted by atomic mass is 10.1. The van der Waals surface area contributed by atoms with Gasteiger partial charge in [0, 0.05) is 11.6 Å². The van der Waals surface area contributed by atoms with Gasteiger partial charge in [0.25, 0.3) is 0 Å². The van der Waals surface area contributed by atoms with E-state index in [1.807, 2.05) is 4.72 Å². The van der Waals surface area contributed by atoms with Gasteiger partial charge in [0.2, 0.25) is 10.0 Å². The first-order chi connectivity index (χ1) is 13.1. The molecule has 0 heterocycles. The molecule has 0 fully saturated rings. The molecule has 0 aliphatic rings. The van der Waals surface area contributed by atoms with Gasteiger partial charge in [0.15, 0.2) is 11.5 Å². The number of phenolic OH excluding ortho intramolecular Hbond substituents is 1. The summed E-state index contributed by atoms with van der Waals surface area (Å²) in [6.07, 6.45) is 2.45. The van der Waals surface area contributed by atoms with Gasteiger partial charge in [-0.2, -0.15) is 4.72 Å². The number of nitro benzene ring substituents is 1. The maximum atomic E-state index is 12.2. The number of carbonyl (C=O) groups is 2. The molecular formula is C17H14N2O8S. The zero-order valence-electron chi connectivity index (χ0n) is 14.1. The highest BCUT2D eigenvalue weighted by molar-refractivity contribution is 7.89. The van der Waals surface area contributed by atoms with Crippen molar-refractivity contribution in [3.05, 3.63) is 69.8 Å². The molecule has 146 valence electrons. The Kier molecular flexibility index (Phi) is 6.23. The lowest BCUT2D eigenvalue weighted by Gasteiger charge is -2.05. The van der Waals surface area contributed by atoms with Gasteiger partial charge in [-0.1, -0.05) is 12.1 Å². The molecular weight excluding hydrogens is 392 g/mol. The smallest absolute Gasteiger partial charge is 0.318 e. The van der Waals surface area contributed by atoms with Gasteiger partial charge < -0.3 is 10.2 Å². The summed E-state index contributed by atoms with van der Waals surface area (Å²) in [6, 6.07) is 8.42. The van der Waals surface area contributed by atoms with Crippen LogP contribution in [0.5, 0.6) is 5.75 Å². The number of aliphatic carboxylic acids is 1. The van der Waals surface area contributed by atoms with Crippen LogP contribution < -0.4 is 4.72 Å². The third-order valence-electron chi connectivity index (χ3n) is 3.49. The van der Waals surface area contributed by atoms with E-state index in [0.29, 0.717) is 5.56 Å². The van der Waals surface area contributed by atoms with Crippen LogP contribution in [0.4, 0.5) is 5.69 Å². The number of carboxylic acids is 1. The van der Waals surface area contributed by atoms with Crippen LogP contribution in [0.1, 0.15) is 15.9 Å². The fourth-order valence-corrected chi connectivity index (χ4v) is 3.07. The summed E-state index contributed by atoms with van der Waals surface area (Å²) in [5.74, 6) is -2.32. The van der Waals surface area contributed by atoms with Crippen molar-refractivity contribution in [2.75, 3.05) is 6.54 Å². The predicted molar refractivity (Wildman–Crippen MR) is 97.4 cm³/mol. The highest BCUT2D eigenvalue weighted by atomic mass is 32.2. The minimum absolute atomic E-state index is 0.154. The molecule has 2 rings (SSSR count). The van der Waals surface area contributed by atoms with Crippen molar-refractivity contribution in [2.24, 2.45) is 0 Å². The molecule has 0 radical (unpaired) electrons. The Hall–Kier alpha value is -3.57. The second-order valence-electron chi connectivity index (χ2n) is 5.45. The maximum Gasteiger partial charge on any atom is 0.318 e. The first-order valence-electron chi connectivity index (χ1n) is 7.61. The maximum absolute atomic E-state index is 12.2. The van der Waals surface area contributed by atoms with Gasteiger partial charge in [-0.3, -0.25) is 19.7 Å². The first kappa shape index (κ1) is 20.7. The van der Waals surface area contributed by atoms with Crippen molar-refractivity contribution >= 4 is 33.5 Å². The second-order valence-corrected chi connectivity index (χ2v) is 7.21. The Bertz CT molecular complexity index is 1060. The Morgan fingerprint density at radius 1 is 1.14 bits per heavy atom. The quantitative estimate of drug-likeness (QED) is 0.257. The Balaban J connectivity index is 2.15. The minimum atomic E-state index is -4.02. The number of allylic oxidation sites excluding steroid dienone is 1. The van der Waals surface area contributed by atoms with Crippen LogP contribution in [-0.2, 0) is 14.8 Å². The molecule has 0 saturated carbocycles. The summed E-state index contributed by atoms with van der Waals surface area (Å²) in [5.41, 5.74) is -0.0327. The highest BCUT2D eigenvalue weighted by Gasteiger charge is 2.16. The molecule has 0 aliphatic carbocycles. The van der Waals surface area contributed by atoms with Crippen LogP contribution in [0, 0.1) is 10.1 Å². The van der Waals surface area contributed by atoms with Crippen molar-refractivity contribution in [2.45, 2.75) is 4.90 Å². The van der Waals surface area contributed by atoms with Gasteiger partial charge in [-0.25, -0.2) is 8.42 Å². The number of hydrogen-bond donors (Lipinski definition) is 3. The van der Waals surface area contributed by atoms with Crippen molar-refractivity contribution < 1.29 is 33.1 Å². The highest BCUT2D eigenvalue weighted by Crippen LogP contribution is 2.26. The standard InChI is InChI=1S/C17H14N2O8S/c20-15(7-1-11-2-8-16(21)14(9-11)19(24)25)12-3-5-13(6-4-12)28(26,27)18-10-17(22)23/h1-9,18,21H,10H2,(H,22,23)/b7-1+. The predicted octanol–water partition coefficient (Wildman–Crippen LogP) is 1.56. The van der Waals surface area contributed by atoms with Crippen LogP contribution in [0.3, 0.4) is 0 Å². The van der Waals surface area contributed by atoms with Crippen LogP contribution in [0.15, 0.2) is 53.4 Å². The molecule has 0 saturated heterocycles. The normalized spacial score (nSPS) is 11.4. The van der Waals surface area contributed by atoms with E-state index in [-0.39, 0.29) is 10.5 Å². The number of aromatic hydroxyl groups is 1. The summed E-state index contributed by atoms with van der Waals surface area (Å²) in [7, 11) is -4.02. The number of carbonyl (C=O) groups excluding carboxylic acids is 1. The fourth-order valence-electron chi connectivity index (χ4n) is 2.10. The number of phenols is 1. The van der Waals surface area contributed by atoms with E-state index in [0.717, 1.165) is 30.3 Å². The van der Waals surface area contributed by atoms with E-state index in [1.54, 1.807) is 0 Å². The molecule has 28 heavy (non-hydrogen) atoms. The Labute approximate surface area is 158 Å². The largest absolute Gasteiger partial charge is 0.502 e. The van der Waals surface area contributed by atoms with E-state index < -0.39 is 44.7 Å². The number of sulfonamides is 1. The molecule has 11 heteroatoms. The van der Waals surface area contributed by atoms with Crippen molar-refractivity contribution in [3.8, 4) is 5.75 Å². The van der Waals surface area contributed by atoms with E-state index in [9.17, 15) is 33.2 Å². The van der Waals surface area contributed by atoms with E-state index in [2.05, 4.69) is 0 Å². The van der Waals surface area contributed by atoms with E-state index >= 15 is 0 Å². The Morgan fingerprint density at radius 2 is 1.79 bits per heavy atom. The number of carboxylic acid groups (broad SMARTS) is 1. The molecule has 0 aliphatic heterocycles. The summed E-state index contributed by atoms with van der Waals surface area (Å²) in [5, 5.41) is 28.7. The van der Waals surface area contributed by atoms with Crippen LogP contribution in [0.25, 0.3) is 6.08 Å². The average molecular weight is 406 g/mol. The number of ketones is 1. The number of benzene rings is 2. The van der Waals surface area contributed by atoms with Crippen LogP contribution in [0.2, 0.25) is 0 Å². The molecule has 0 amide bonds. The van der Waals surface area contributed by atoms with Gasteiger partial charge >= 0.3 is 11.7 Å². The Morgan fingerprint density at radius 3 is 2.36 bits per heavy atom. The summed E-state index contributed by atoms with van der Waals surface area (Å²) >= 11 is 0. The lowest BCUT2D eigenvalue weighted by Crippen LogP contribution is -2.29. The minimum Gasteiger partial charge on any atom is -0.502 e. The average Bonchev–Trinajstić information content (AvgIpc) is 2.65. The van der Waals surface area contributed by atoms with Gasteiger partial charge in [0.05, 0.1) is 9.82 Å². The molecule has 0 unspecified atom stereocenters.